The number of nitrogens with one attached hydrogen (secondary N) is 2. The third kappa shape index (κ3) is 4.69. The highest BCUT2D eigenvalue weighted by molar-refractivity contribution is 5.60. The van der Waals surface area contributed by atoms with Gasteiger partial charge in [0, 0.05) is 30.9 Å². The van der Waals surface area contributed by atoms with E-state index >= 15 is 0 Å². The third-order valence-corrected chi connectivity index (χ3v) is 3.54. The summed E-state index contributed by atoms with van der Waals surface area (Å²) in [5, 5.41) is 16.6. The molecule has 0 aliphatic rings. The van der Waals surface area contributed by atoms with Crippen LogP contribution < -0.4 is 10.6 Å². The number of nitro groups is 1. The van der Waals surface area contributed by atoms with E-state index in [2.05, 4.69) is 25.6 Å². The zero-order valence-corrected chi connectivity index (χ0v) is 13.9. The van der Waals surface area contributed by atoms with Crippen LogP contribution in [0.1, 0.15) is 0 Å². The van der Waals surface area contributed by atoms with Crippen LogP contribution in [0, 0.1) is 21.7 Å². The summed E-state index contributed by atoms with van der Waals surface area (Å²) in [6.07, 6.45) is 2.68. The lowest BCUT2D eigenvalue weighted by Gasteiger charge is -2.08. The maximum atomic E-state index is 13.4. The Balaban J connectivity index is 1.55. The van der Waals surface area contributed by atoms with Gasteiger partial charge in [0.25, 0.3) is 5.69 Å². The van der Waals surface area contributed by atoms with E-state index in [-0.39, 0.29) is 5.69 Å². The minimum absolute atomic E-state index is 0.0823. The summed E-state index contributed by atoms with van der Waals surface area (Å²) < 4.78 is 26.4. The first kappa shape index (κ1) is 18.1. The van der Waals surface area contributed by atoms with Gasteiger partial charge in [-0.25, -0.2) is 23.7 Å². The van der Waals surface area contributed by atoms with Crippen LogP contribution in [0.25, 0.3) is 11.3 Å². The molecule has 2 aromatic heterocycles. The summed E-state index contributed by atoms with van der Waals surface area (Å²) in [5.74, 6) is -1.04. The van der Waals surface area contributed by atoms with E-state index in [9.17, 15) is 18.9 Å². The number of benzene rings is 1. The van der Waals surface area contributed by atoms with E-state index in [1.165, 1.54) is 30.6 Å². The van der Waals surface area contributed by atoms with Gasteiger partial charge >= 0.3 is 0 Å². The van der Waals surface area contributed by atoms with Crippen LogP contribution in [0.3, 0.4) is 0 Å². The Kier molecular flexibility index (Phi) is 5.45. The van der Waals surface area contributed by atoms with Crippen molar-refractivity contribution in [3.8, 4) is 11.3 Å². The highest BCUT2D eigenvalue weighted by Crippen LogP contribution is 2.20. The van der Waals surface area contributed by atoms with Gasteiger partial charge in [-0.05, 0) is 30.3 Å². The molecule has 0 radical (unpaired) electrons. The van der Waals surface area contributed by atoms with Crippen LogP contribution in [0.15, 0.2) is 48.8 Å². The molecule has 0 spiro atoms. The van der Waals surface area contributed by atoms with Crippen molar-refractivity contribution in [3.05, 3.63) is 70.5 Å². The topological polar surface area (TPSA) is 106 Å². The Morgan fingerprint density at radius 3 is 2.52 bits per heavy atom. The van der Waals surface area contributed by atoms with Gasteiger partial charge in [0.05, 0.1) is 10.6 Å². The average Bonchev–Trinajstić information content (AvgIpc) is 2.68. The molecule has 0 atom stereocenters. The van der Waals surface area contributed by atoms with E-state index in [0.717, 1.165) is 12.1 Å². The first-order valence-corrected chi connectivity index (χ1v) is 7.89. The Morgan fingerprint density at radius 2 is 1.81 bits per heavy atom. The highest BCUT2D eigenvalue weighted by atomic mass is 19.2. The summed E-state index contributed by atoms with van der Waals surface area (Å²) in [4.78, 5) is 22.3. The molecule has 3 aromatic rings. The van der Waals surface area contributed by atoms with Crippen LogP contribution in [0.2, 0.25) is 0 Å². The molecule has 27 heavy (non-hydrogen) atoms. The van der Waals surface area contributed by atoms with Crippen LogP contribution >= 0.6 is 0 Å². The summed E-state index contributed by atoms with van der Waals surface area (Å²) in [6.45, 7) is 0.906. The quantitative estimate of drug-likeness (QED) is 0.372. The van der Waals surface area contributed by atoms with Crippen molar-refractivity contribution in [1.29, 1.82) is 0 Å². The standard InChI is InChI=1S/C17H14F2N6O2/c18-13-3-1-11(9-14(13)19)15-5-6-21-17(24-15)22-8-7-20-16-4-2-12(10-23-16)25(26)27/h1-6,9-10H,7-8H2,(H,20,23)(H,21,22,24). The molecule has 0 bridgehead atoms. The Morgan fingerprint density at radius 1 is 1.00 bits per heavy atom. The van der Waals surface area contributed by atoms with Crippen LogP contribution in [0.5, 0.6) is 0 Å². The molecule has 0 fully saturated rings. The zero-order chi connectivity index (χ0) is 19.2. The minimum Gasteiger partial charge on any atom is -0.368 e. The van der Waals surface area contributed by atoms with Gasteiger partial charge in [-0.15, -0.1) is 0 Å². The highest BCUT2D eigenvalue weighted by Gasteiger charge is 2.07. The maximum Gasteiger partial charge on any atom is 0.287 e. The van der Waals surface area contributed by atoms with E-state index in [0.29, 0.717) is 36.1 Å². The lowest BCUT2D eigenvalue weighted by atomic mass is 10.1. The van der Waals surface area contributed by atoms with Crippen molar-refractivity contribution < 1.29 is 13.7 Å². The minimum atomic E-state index is -0.944. The molecule has 10 heteroatoms. The van der Waals surface area contributed by atoms with Gasteiger partial charge in [-0.2, -0.15) is 0 Å². The monoisotopic (exact) mass is 372 g/mol. The number of hydrogen-bond acceptors (Lipinski definition) is 7. The first-order valence-electron chi connectivity index (χ1n) is 7.89. The maximum absolute atomic E-state index is 13.4. The van der Waals surface area contributed by atoms with Gasteiger partial charge in [-0.1, -0.05) is 0 Å². The molecule has 2 N–H and O–H groups in total. The summed E-state index contributed by atoms with van der Waals surface area (Å²) in [7, 11) is 0. The Hall–Kier alpha value is -3.69. The number of aromatic nitrogens is 3. The second-order valence-electron chi connectivity index (χ2n) is 5.41. The van der Waals surface area contributed by atoms with Gasteiger partial charge in [-0.3, -0.25) is 10.1 Å². The molecule has 138 valence electrons. The fraction of sp³-hybridized carbons (Fsp3) is 0.118. The number of hydrogen-bond donors (Lipinski definition) is 2. The largest absolute Gasteiger partial charge is 0.368 e. The Bertz CT molecular complexity index is 952. The van der Waals surface area contributed by atoms with Crippen molar-refractivity contribution in [2.45, 2.75) is 0 Å². The lowest BCUT2D eigenvalue weighted by Crippen LogP contribution is -2.15. The predicted octanol–water partition coefficient (Wildman–Crippen LogP) is 3.25. The van der Waals surface area contributed by atoms with Crippen LogP contribution in [-0.4, -0.2) is 33.0 Å². The van der Waals surface area contributed by atoms with Crippen molar-refractivity contribution in [2.75, 3.05) is 23.7 Å². The SMILES string of the molecule is O=[N+]([O-])c1ccc(NCCNc2nccc(-c3ccc(F)c(F)c3)n2)nc1. The molecule has 0 saturated heterocycles. The number of rotatable bonds is 7. The number of anilines is 2. The fourth-order valence-corrected chi connectivity index (χ4v) is 2.22. The average molecular weight is 372 g/mol. The molecular weight excluding hydrogens is 358 g/mol. The number of nitrogens with zero attached hydrogens (tertiary/aromatic N) is 4. The lowest BCUT2D eigenvalue weighted by molar-refractivity contribution is -0.385. The predicted molar refractivity (Wildman–Crippen MR) is 95.3 cm³/mol. The zero-order valence-electron chi connectivity index (χ0n) is 13.9. The smallest absolute Gasteiger partial charge is 0.287 e. The molecule has 1 aromatic carbocycles. The molecule has 0 amide bonds. The second kappa shape index (κ2) is 8.13. The third-order valence-electron chi connectivity index (χ3n) is 3.54. The molecular formula is C17H14F2N6O2. The molecule has 0 saturated carbocycles. The van der Waals surface area contributed by atoms with E-state index < -0.39 is 16.6 Å². The van der Waals surface area contributed by atoms with E-state index in [1.54, 1.807) is 6.07 Å². The fourth-order valence-electron chi connectivity index (χ4n) is 2.22. The molecule has 8 nitrogen and oxygen atoms in total. The second-order valence-corrected chi connectivity index (χ2v) is 5.41. The molecule has 3 rings (SSSR count). The summed E-state index contributed by atoms with van der Waals surface area (Å²) in [5.41, 5.74) is 0.810. The molecule has 0 aliphatic carbocycles. The number of pyridine rings is 1. The van der Waals surface area contributed by atoms with Crippen molar-refractivity contribution >= 4 is 17.5 Å². The Labute approximate surface area is 152 Å². The van der Waals surface area contributed by atoms with Crippen molar-refractivity contribution in [1.82, 2.24) is 15.0 Å². The van der Waals surface area contributed by atoms with Gasteiger partial charge < -0.3 is 10.6 Å². The van der Waals surface area contributed by atoms with Crippen LogP contribution in [-0.2, 0) is 0 Å². The van der Waals surface area contributed by atoms with Crippen molar-refractivity contribution in [2.24, 2.45) is 0 Å². The van der Waals surface area contributed by atoms with Gasteiger partial charge in [0.2, 0.25) is 5.95 Å². The molecule has 0 unspecified atom stereocenters. The van der Waals surface area contributed by atoms with Crippen LogP contribution in [0.4, 0.5) is 26.2 Å². The summed E-state index contributed by atoms with van der Waals surface area (Å²) >= 11 is 0. The van der Waals surface area contributed by atoms with Gasteiger partial charge in [0.15, 0.2) is 11.6 Å². The molecule has 0 aliphatic heterocycles. The normalized spacial score (nSPS) is 10.4. The molecule has 2 heterocycles. The van der Waals surface area contributed by atoms with E-state index in [4.69, 9.17) is 0 Å². The van der Waals surface area contributed by atoms with Gasteiger partial charge in [0.1, 0.15) is 12.0 Å². The van der Waals surface area contributed by atoms with Crippen molar-refractivity contribution in [3.63, 3.8) is 0 Å². The first-order chi connectivity index (χ1) is 13.0. The van der Waals surface area contributed by atoms with E-state index in [1.807, 2.05) is 0 Å². The number of halogens is 2. The summed E-state index contributed by atoms with van der Waals surface area (Å²) in [6, 6.07) is 8.02.